The second kappa shape index (κ2) is 13.1. The average Bonchev–Trinajstić information content (AvgIpc) is 2.77. The highest BCUT2D eigenvalue weighted by Gasteiger charge is 2.28. The third kappa shape index (κ3) is 6.98. The quantitative estimate of drug-likeness (QED) is 0.610. The summed E-state index contributed by atoms with van der Waals surface area (Å²) in [6.07, 6.45) is 5.20. The molecule has 0 radical (unpaired) electrons. The molecular formula is C22H31ClN4OS. The molecule has 0 spiro atoms. The van der Waals surface area contributed by atoms with Gasteiger partial charge in [-0.15, -0.1) is 0 Å². The van der Waals surface area contributed by atoms with Crippen molar-refractivity contribution in [2.75, 3.05) is 36.1 Å². The third-order valence-corrected chi connectivity index (χ3v) is 4.62. The smallest absolute Gasteiger partial charge is 0.322 e. The highest BCUT2D eigenvalue weighted by Crippen LogP contribution is 2.25. The Labute approximate surface area is 185 Å². The van der Waals surface area contributed by atoms with E-state index in [1.54, 1.807) is 18.5 Å². The van der Waals surface area contributed by atoms with Crippen LogP contribution in [0.2, 0.25) is 5.02 Å². The van der Waals surface area contributed by atoms with Crippen molar-refractivity contribution in [3.8, 4) is 0 Å². The zero-order chi connectivity index (χ0) is 21.8. The minimum atomic E-state index is -0.0920. The molecule has 1 N–H and O–H groups in total. The minimum absolute atomic E-state index is 0.0549. The molecule has 3 rings (SSSR count). The van der Waals surface area contributed by atoms with Crippen LogP contribution in [-0.2, 0) is 0 Å². The van der Waals surface area contributed by atoms with Gasteiger partial charge in [-0.3, -0.25) is 0 Å². The topological polar surface area (TPSA) is 48.5 Å². The molecule has 0 unspecified atom stereocenters. The summed E-state index contributed by atoms with van der Waals surface area (Å²) in [6, 6.07) is 11.2. The minimum Gasteiger partial charge on any atom is -0.352 e. The summed E-state index contributed by atoms with van der Waals surface area (Å²) in [5, 5.41) is 3.59. The molecule has 0 saturated carbocycles. The van der Waals surface area contributed by atoms with Gasteiger partial charge in [-0.05, 0) is 43.0 Å². The van der Waals surface area contributed by atoms with E-state index < -0.39 is 0 Å². The van der Waals surface area contributed by atoms with Crippen LogP contribution in [0, 0.1) is 0 Å². The predicted molar refractivity (Wildman–Crippen MR) is 129 cm³/mol. The van der Waals surface area contributed by atoms with Gasteiger partial charge in [0.15, 0.2) is 0 Å². The summed E-state index contributed by atoms with van der Waals surface area (Å²) in [7, 11) is 0. The number of nitrogens with zero attached hydrogens (tertiary/aromatic N) is 3. The van der Waals surface area contributed by atoms with E-state index in [2.05, 4.69) is 34.4 Å². The second-order valence-electron chi connectivity index (χ2n) is 6.05. The van der Waals surface area contributed by atoms with Crippen LogP contribution in [0.5, 0.6) is 0 Å². The van der Waals surface area contributed by atoms with Crippen molar-refractivity contribution in [3.63, 3.8) is 0 Å². The first-order valence-corrected chi connectivity index (χ1v) is 11.0. The Morgan fingerprint density at radius 1 is 1.24 bits per heavy atom. The SMILES string of the molecule is C=Cc1ccc(NC(=O)N2CCN(c3ncccc3Cl)C[C@H]2C)cc1.CC.CS. The summed E-state index contributed by atoms with van der Waals surface area (Å²) in [5.74, 6) is 0.774. The van der Waals surface area contributed by atoms with Crippen LogP contribution < -0.4 is 10.2 Å². The highest BCUT2D eigenvalue weighted by molar-refractivity contribution is 7.79. The number of aromatic nitrogens is 1. The van der Waals surface area contributed by atoms with E-state index in [4.69, 9.17) is 11.6 Å². The van der Waals surface area contributed by atoms with E-state index >= 15 is 0 Å². The van der Waals surface area contributed by atoms with Gasteiger partial charge in [0.25, 0.3) is 0 Å². The van der Waals surface area contributed by atoms with Crippen molar-refractivity contribution >= 4 is 47.8 Å². The van der Waals surface area contributed by atoms with Crippen molar-refractivity contribution in [3.05, 3.63) is 59.8 Å². The molecule has 1 aromatic carbocycles. The monoisotopic (exact) mass is 434 g/mol. The number of carbonyl (C=O) groups excluding carboxylic acids is 1. The lowest BCUT2D eigenvalue weighted by molar-refractivity contribution is 0.184. The van der Waals surface area contributed by atoms with Crippen molar-refractivity contribution in [2.45, 2.75) is 26.8 Å². The fraction of sp³-hybridized carbons (Fsp3) is 0.364. The lowest BCUT2D eigenvalue weighted by Crippen LogP contribution is -2.55. The first-order valence-electron chi connectivity index (χ1n) is 9.69. The van der Waals surface area contributed by atoms with Gasteiger partial charge in [0.05, 0.1) is 5.02 Å². The van der Waals surface area contributed by atoms with Gasteiger partial charge in [-0.1, -0.05) is 50.2 Å². The van der Waals surface area contributed by atoms with Crippen LogP contribution in [0.4, 0.5) is 16.3 Å². The van der Waals surface area contributed by atoms with Crippen molar-refractivity contribution in [2.24, 2.45) is 0 Å². The molecule has 2 heterocycles. The number of anilines is 2. The zero-order valence-corrected chi connectivity index (χ0v) is 19.3. The van der Waals surface area contributed by atoms with Crippen LogP contribution in [0.1, 0.15) is 26.3 Å². The molecule has 1 aromatic heterocycles. The average molecular weight is 435 g/mol. The van der Waals surface area contributed by atoms with E-state index in [9.17, 15) is 4.79 Å². The Morgan fingerprint density at radius 3 is 2.45 bits per heavy atom. The van der Waals surface area contributed by atoms with Gasteiger partial charge in [0, 0.05) is 37.6 Å². The number of urea groups is 1. The Kier molecular flexibility index (Phi) is 11.2. The largest absolute Gasteiger partial charge is 0.352 e. The molecule has 29 heavy (non-hydrogen) atoms. The molecular weight excluding hydrogens is 404 g/mol. The predicted octanol–water partition coefficient (Wildman–Crippen LogP) is 5.69. The number of carbonyl (C=O) groups is 1. The summed E-state index contributed by atoms with van der Waals surface area (Å²) < 4.78 is 0. The van der Waals surface area contributed by atoms with Gasteiger partial charge in [-0.25, -0.2) is 9.78 Å². The van der Waals surface area contributed by atoms with Gasteiger partial charge < -0.3 is 15.1 Å². The molecule has 7 heteroatoms. The van der Waals surface area contributed by atoms with Crippen LogP contribution in [0.3, 0.4) is 0 Å². The van der Waals surface area contributed by atoms with E-state index in [1.165, 1.54) is 0 Å². The van der Waals surface area contributed by atoms with Crippen LogP contribution in [0.15, 0.2) is 49.2 Å². The molecule has 158 valence electrons. The number of pyridine rings is 1. The standard InChI is InChI=1S/C19H21ClN4O.C2H6.CH4S/c1-3-15-6-8-16(9-7-15)22-19(25)24-12-11-23(13-14(24)2)18-17(20)5-4-10-21-18;2*1-2/h3-10,14H,1,11-13H2,2H3,(H,22,25);1-2H3;2H,1H3/t14-;;/m1../s1. The molecule has 2 aromatic rings. The normalized spacial score (nSPS) is 15.3. The molecule has 5 nitrogen and oxygen atoms in total. The second-order valence-corrected chi connectivity index (χ2v) is 6.46. The summed E-state index contributed by atoms with van der Waals surface area (Å²) in [6.45, 7) is 11.8. The van der Waals surface area contributed by atoms with Crippen LogP contribution in [0.25, 0.3) is 6.08 Å². The maximum atomic E-state index is 12.6. The molecule has 0 aliphatic carbocycles. The van der Waals surface area contributed by atoms with E-state index in [0.717, 1.165) is 17.1 Å². The maximum absolute atomic E-state index is 12.6. The Balaban J connectivity index is 0.000000989. The number of thiol groups is 1. The van der Waals surface area contributed by atoms with Crippen molar-refractivity contribution in [1.82, 2.24) is 9.88 Å². The number of nitrogens with one attached hydrogen (secondary N) is 1. The first kappa shape index (κ1) is 24.9. The van der Waals surface area contributed by atoms with Crippen LogP contribution in [-0.4, -0.2) is 47.8 Å². The number of hydrogen-bond donors (Lipinski definition) is 2. The van der Waals surface area contributed by atoms with Crippen molar-refractivity contribution in [1.29, 1.82) is 0 Å². The highest BCUT2D eigenvalue weighted by atomic mass is 35.5. The Morgan fingerprint density at radius 2 is 1.90 bits per heavy atom. The lowest BCUT2D eigenvalue weighted by Gasteiger charge is -2.40. The van der Waals surface area contributed by atoms with Gasteiger partial charge in [0.1, 0.15) is 5.82 Å². The zero-order valence-electron chi connectivity index (χ0n) is 17.6. The molecule has 2 amide bonds. The third-order valence-electron chi connectivity index (χ3n) is 4.32. The van der Waals surface area contributed by atoms with Crippen molar-refractivity contribution < 1.29 is 4.79 Å². The number of hydrogen-bond acceptors (Lipinski definition) is 4. The fourth-order valence-electron chi connectivity index (χ4n) is 2.96. The van der Waals surface area contributed by atoms with Crippen LogP contribution >= 0.6 is 24.2 Å². The fourth-order valence-corrected chi connectivity index (χ4v) is 3.20. The number of piperazine rings is 1. The summed E-state index contributed by atoms with van der Waals surface area (Å²) >= 11 is 9.76. The molecule has 1 fully saturated rings. The maximum Gasteiger partial charge on any atom is 0.322 e. The summed E-state index contributed by atoms with van der Waals surface area (Å²) in [5.41, 5.74) is 1.80. The molecule has 1 saturated heterocycles. The van der Waals surface area contributed by atoms with E-state index in [1.807, 2.05) is 62.1 Å². The molecule has 1 aliphatic rings. The molecule has 1 aliphatic heterocycles. The first-order chi connectivity index (χ1) is 14.1. The van der Waals surface area contributed by atoms with E-state index in [-0.39, 0.29) is 12.1 Å². The molecule has 0 bridgehead atoms. The Bertz CT molecular complexity index is 770. The number of halogens is 1. The van der Waals surface area contributed by atoms with E-state index in [0.29, 0.717) is 24.7 Å². The number of benzene rings is 1. The number of amides is 2. The van der Waals surface area contributed by atoms with Gasteiger partial charge in [0.2, 0.25) is 0 Å². The van der Waals surface area contributed by atoms with Gasteiger partial charge in [-0.2, -0.15) is 12.6 Å². The lowest BCUT2D eigenvalue weighted by atomic mass is 10.2. The summed E-state index contributed by atoms with van der Waals surface area (Å²) in [4.78, 5) is 20.9. The molecule has 1 atom stereocenters. The number of rotatable bonds is 3. The van der Waals surface area contributed by atoms with Gasteiger partial charge >= 0.3 is 6.03 Å². The Hall–Kier alpha value is -2.18.